The van der Waals surface area contributed by atoms with E-state index >= 15 is 0 Å². The maximum absolute atomic E-state index is 11.5. The fourth-order valence-electron chi connectivity index (χ4n) is 4.83. The van der Waals surface area contributed by atoms with Crippen molar-refractivity contribution < 1.29 is 19.5 Å². The summed E-state index contributed by atoms with van der Waals surface area (Å²) >= 11 is 0. The van der Waals surface area contributed by atoms with E-state index in [1.54, 1.807) is 0 Å². The molecule has 6 heteroatoms. The van der Waals surface area contributed by atoms with Gasteiger partial charge in [-0.05, 0) is 66.5 Å². The van der Waals surface area contributed by atoms with Crippen molar-refractivity contribution in [1.82, 2.24) is 0 Å². The zero-order chi connectivity index (χ0) is 29.3. The molecule has 3 unspecified atom stereocenters. The van der Waals surface area contributed by atoms with Crippen molar-refractivity contribution in [3.8, 4) is 0 Å². The van der Waals surface area contributed by atoms with Gasteiger partial charge in [-0.1, -0.05) is 90.1 Å². The fraction of sp³-hybridized carbons (Fsp3) is 0.529. The molecule has 0 aromatic heterocycles. The first-order chi connectivity index (χ1) is 19.0. The predicted octanol–water partition coefficient (Wildman–Crippen LogP) is 7.82. The van der Waals surface area contributed by atoms with Crippen LogP contribution in [0, 0.1) is 5.92 Å². The Morgan fingerprint density at radius 3 is 1.88 bits per heavy atom. The topological polar surface area (TPSA) is 54.4 Å². The number of anilines is 2. The number of hydrogen-bond donors (Lipinski definition) is 1. The number of rotatable bonds is 12. The maximum atomic E-state index is 11.5. The van der Waals surface area contributed by atoms with Gasteiger partial charge in [0.15, 0.2) is 6.23 Å². The van der Waals surface area contributed by atoms with Gasteiger partial charge in [0.05, 0.1) is 43.2 Å². The number of hydrogen-bond acceptors (Lipinski definition) is 6. The molecule has 0 radical (unpaired) electrons. The first kappa shape index (κ1) is 31.9. The molecule has 1 aliphatic rings. The molecule has 220 valence electrons. The third-order valence-electron chi connectivity index (χ3n) is 7.38. The lowest BCUT2D eigenvalue weighted by Gasteiger charge is -2.28. The Kier molecular flexibility index (Phi) is 11.4. The maximum Gasteiger partial charge on any atom is 0.188 e. The third-order valence-corrected chi connectivity index (χ3v) is 7.38. The van der Waals surface area contributed by atoms with Crippen molar-refractivity contribution >= 4 is 11.4 Å². The molecule has 2 aromatic rings. The second kappa shape index (κ2) is 14.3. The standard InChI is InChI=1S/C34H50N2O4/c1-9-11-22-38-24-21-31-30(25-39-23-12-10-2)32(35(37)28-17-13-26(14-18-28)33(3,4)5)40-36(31)29-19-15-27(16-20-29)34(6,7)8/h9-20,30-32,37H,21-25H2,1-8H3/b11-9+,12-10+. The fourth-order valence-corrected chi connectivity index (χ4v) is 4.83. The van der Waals surface area contributed by atoms with Crippen molar-refractivity contribution in [2.75, 3.05) is 36.6 Å². The van der Waals surface area contributed by atoms with Gasteiger partial charge in [0.1, 0.15) is 0 Å². The summed E-state index contributed by atoms with van der Waals surface area (Å²) < 4.78 is 12.0. The van der Waals surface area contributed by atoms with Crippen LogP contribution < -0.4 is 10.1 Å². The van der Waals surface area contributed by atoms with Gasteiger partial charge < -0.3 is 9.47 Å². The van der Waals surface area contributed by atoms with Crippen molar-refractivity contribution in [2.45, 2.75) is 84.9 Å². The van der Waals surface area contributed by atoms with Crippen LogP contribution >= 0.6 is 0 Å². The first-order valence-corrected chi connectivity index (χ1v) is 14.5. The Hall–Kier alpha value is -2.64. The highest BCUT2D eigenvalue weighted by atomic mass is 16.7. The number of nitrogens with zero attached hydrogens (tertiary/aromatic N) is 2. The molecule has 2 aromatic carbocycles. The quantitative estimate of drug-likeness (QED) is 0.165. The molecule has 40 heavy (non-hydrogen) atoms. The van der Waals surface area contributed by atoms with E-state index in [9.17, 15) is 5.21 Å². The van der Waals surface area contributed by atoms with Gasteiger partial charge in [-0.25, -0.2) is 15.0 Å². The molecular formula is C34H50N2O4. The zero-order valence-electron chi connectivity index (χ0n) is 25.8. The Bertz CT molecular complexity index is 1080. The summed E-state index contributed by atoms with van der Waals surface area (Å²) in [6, 6.07) is 16.5. The average Bonchev–Trinajstić information content (AvgIpc) is 3.28. The van der Waals surface area contributed by atoms with E-state index in [2.05, 4.69) is 77.9 Å². The van der Waals surface area contributed by atoms with E-state index in [-0.39, 0.29) is 22.8 Å². The van der Waals surface area contributed by atoms with Gasteiger partial charge in [0.2, 0.25) is 0 Å². The van der Waals surface area contributed by atoms with Gasteiger partial charge in [-0.15, -0.1) is 0 Å². The molecule has 1 aliphatic heterocycles. The van der Waals surface area contributed by atoms with Crippen LogP contribution in [0.3, 0.4) is 0 Å². The third kappa shape index (κ3) is 8.43. The van der Waals surface area contributed by atoms with Crippen LogP contribution in [0.25, 0.3) is 0 Å². The molecule has 1 fully saturated rings. The van der Waals surface area contributed by atoms with Gasteiger partial charge in [-0.3, -0.25) is 5.21 Å². The summed E-state index contributed by atoms with van der Waals surface area (Å²) in [5.74, 6) is -0.134. The van der Waals surface area contributed by atoms with E-state index in [0.717, 1.165) is 12.1 Å². The molecule has 0 amide bonds. The van der Waals surface area contributed by atoms with Crippen molar-refractivity contribution in [3.05, 3.63) is 84.0 Å². The molecule has 0 spiro atoms. The lowest BCUT2D eigenvalue weighted by molar-refractivity contribution is -0.0116. The Labute approximate surface area is 242 Å². The highest BCUT2D eigenvalue weighted by Crippen LogP contribution is 2.38. The van der Waals surface area contributed by atoms with Gasteiger partial charge in [0.25, 0.3) is 0 Å². The molecule has 3 rings (SSSR count). The molecule has 3 atom stereocenters. The van der Waals surface area contributed by atoms with Crippen LogP contribution in [0.2, 0.25) is 0 Å². The summed E-state index contributed by atoms with van der Waals surface area (Å²) in [5.41, 5.74) is 4.18. The van der Waals surface area contributed by atoms with Crippen LogP contribution in [-0.2, 0) is 25.1 Å². The Morgan fingerprint density at radius 1 is 0.825 bits per heavy atom. The summed E-state index contributed by atoms with van der Waals surface area (Å²) in [5, 5.41) is 14.7. The van der Waals surface area contributed by atoms with E-state index < -0.39 is 6.23 Å². The molecule has 0 saturated carbocycles. The monoisotopic (exact) mass is 550 g/mol. The first-order valence-electron chi connectivity index (χ1n) is 14.5. The van der Waals surface area contributed by atoms with Crippen LogP contribution in [0.4, 0.5) is 11.4 Å². The highest BCUT2D eigenvalue weighted by Gasteiger charge is 2.46. The van der Waals surface area contributed by atoms with E-state index in [1.165, 1.54) is 16.2 Å². The minimum atomic E-state index is -0.631. The second-order valence-electron chi connectivity index (χ2n) is 12.5. The summed E-state index contributed by atoms with van der Waals surface area (Å²) in [6.07, 6.45) is 8.06. The normalized spacial score (nSPS) is 20.2. The summed E-state index contributed by atoms with van der Waals surface area (Å²) in [4.78, 5) is 6.59. The van der Waals surface area contributed by atoms with Gasteiger partial charge in [-0.2, -0.15) is 0 Å². The number of allylic oxidation sites excluding steroid dienone is 2. The molecule has 1 saturated heterocycles. The van der Waals surface area contributed by atoms with E-state index in [0.29, 0.717) is 32.1 Å². The average molecular weight is 551 g/mol. The molecule has 1 heterocycles. The number of benzene rings is 2. The van der Waals surface area contributed by atoms with Crippen LogP contribution in [0.5, 0.6) is 0 Å². The molecule has 6 nitrogen and oxygen atoms in total. The van der Waals surface area contributed by atoms with Crippen molar-refractivity contribution in [3.63, 3.8) is 0 Å². The molecule has 0 aliphatic carbocycles. The Morgan fingerprint density at radius 2 is 1.35 bits per heavy atom. The van der Waals surface area contributed by atoms with Gasteiger partial charge in [0, 0.05) is 6.61 Å². The van der Waals surface area contributed by atoms with E-state index in [4.69, 9.17) is 14.3 Å². The molecule has 0 bridgehead atoms. The minimum absolute atomic E-state index is 0.0277. The highest BCUT2D eigenvalue weighted by molar-refractivity contribution is 5.51. The summed E-state index contributed by atoms with van der Waals surface area (Å²) in [7, 11) is 0. The largest absolute Gasteiger partial charge is 0.377 e. The van der Waals surface area contributed by atoms with Crippen molar-refractivity contribution in [1.29, 1.82) is 0 Å². The number of ether oxygens (including phenoxy) is 2. The molecular weight excluding hydrogens is 500 g/mol. The van der Waals surface area contributed by atoms with Gasteiger partial charge >= 0.3 is 0 Å². The van der Waals surface area contributed by atoms with Crippen LogP contribution in [0.15, 0.2) is 72.8 Å². The lowest BCUT2D eigenvalue weighted by Crippen LogP contribution is -2.41. The predicted molar refractivity (Wildman–Crippen MR) is 165 cm³/mol. The Balaban J connectivity index is 1.94. The molecule has 1 N–H and O–H groups in total. The SMILES string of the molecule is C/C=C/COCCC1C(COC/C=C/C)C(N(O)c2ccc(C(C)(C)C)cc2)ON1c1ccc(C(C)(C)C)cc1. The minimum Gasteiger partial charge on any atom is -0.377 e. The van der Waals surface area contributed by atoms with Crippen LogP contribution in [0.1, 0.15) is 72.9 Å². The van der Waals surface area contributed by atoms with E-state index in [1.807, 2.05) is 55.3 Å². The van der Waals surface area contributed by atoms with Crippen LogP contribution in [-0.4, -0.2) is 43.9 Å². The zero-order valence-corrected chi connectivity index (χ0v) is 25.8. The lowest BCUT2D eigenvalue weighted by atomic mass is 9.87. The number of hydroxylamine groups is 2. The second-order valence-corrected chi connectivity index (χ2v) is 12.5. The summed E-state index contributed by atoms with van der Waals surface area (Å²) in [6.45, 7) is 19.2. The smallest absolute Gasteiger partial charge is 0.188 e. The van der Waals surface area contributed by atoms with Crippen molar-refractivity contribution in [2.24, 2.45) is 5.92 Å².